The Morgan fingerprint density at radius 2 is 2.19 bits per heavy atom. The molecule has 6 nitrogen and oxygen atoms in total. The van der Waals surface area contributed by atoms with Gasteiger partial charge in [-0.15, -0.1) is 0 Å². The van der Waals surface area contributed by atoms with Crippen molar-refractivity contribution in [1.29, 1.82) is 5.26 Å². The highest BCUT2D eigenvalue weighted by Crippen LogP contribution is 2.44. The minimum Gasteiger partial charge on any atom is -0.351 e. The molecule has 2 aromatic rings. The van der Waals surface area contributed by atoms with Crippen LogP contribution in [0, 0.1) is 11.3 Å². The SMILES string of the molecule is CC1(N2Cc3nc(NC4Cc5cc(Cl)cc(C#N)c5C4)ncc3C2=O)CC1. The maximum atomic E-state index is 12.6. The summed E-state index contributed by atoms with van der Waals surface area (Å²) >= 11 is 6.12. The van der Waals surface area contributed by atoms with Gasteiger partial charge in [0.05, 0.1) is 29.4 Å². The van der Waals surface area contributed by atoms with E-state index in [1.54, 1.807) is 12.3 Å². The number of nitriles is 1. The molecule has 0 radical (unpaired) electrons. The predicted molar refractivity (Wildman–Crippen MR) is 101 cm³/mol. The van der Waals surface area contributed by atoms with Gasteiger partial charge in [0.2, 0.25) is 5.95 Å². The predicted octanol–water partition coefficient (Wildman–Crippen LogP) is 3.09. The lowest BCUT2D eigenvalue weighted by molar-refractivity contribution is 0.0692. The number of halogens is 1. The number of benzene rings is 1. The van der Waals surface area contributed by atoms with Crippen LogP contribution in [0.5, 0.6) is 0 Å². The highest BCUT2D eigenvalue weighted by atomic mass is 35.5. The fraction of sp³-hybridized carbons (Fsp3) is 0.400. The Labute approximate surface area is 162 Å². The van der Waals surface area contributed by atoms with E-state index < -0.39 is 0 Å². The molecule has 2 aliphatic carbocycles. The number of nitrogens with one attached hydrogen (secondary N) is 1. The lowest BCUT2D eigenvalue weighted by Gasteiger charge is -2.22. The molecule has 27 heavy (non-hydrogen) atoms. The van der Waals surface area contributed by atoms with Gasteiger partial charge in [0.25, 0.3) is 5.91 Å². The summed E-state index contributed by atoms with van der Waals surface area (Å²) < 4.78 is 0. The Hall–Kier alpha value is -2.65. The van der Waals surface area contributed by atoms with Gasteiger partial charge in [0, 0.05) is 22.8 Å². The number of aromatic nitrogens is 2. The zero-order chi connectivity index (χ0) is 18.8. The maximum absolute atomic E-state index is 12.6. The molecule has 1 aromatic carbocycles. The van der Waals surface area contributed by atoms with Gasteiger partial charge in [-0.25, -0.2) is 9.97 Å². The number of nitrogens with zero attached hydrogens (tertiary/aromatic N) is 4. The Balaban J connectivity index is 1.35. The molecule has 1 saturated carbocycles. The number of carbonyl (C=O) groups is 1. The van der Waals surface area contributed by atoms with Crippen molar-refractivity contribution >= 4 is 23.5 Å². The molecule has 7 heteroatoms. The minimum atomic E-state index is -0.00850. The van der Waals surface area contributed by atoms with Crippen molar-refractivity contribution in [1.82, 2.24) is 14.9 Å². The van der Waals surface area contributed by atoms with Crippen LogP contribution in [0.4, 0.5) is 5.95 Å². The summed E-state index contributed by atoms with van der Waals surface area (Å²) in [5.74, 6) is 0.574. The van der Waals surface area contributed by atoms with Crippen molar-refractivity contribution in [2.24, 2.45) is 0 Å². The summed E-state index contributed by atoms with van der Waals surface area (Å²) in [6.07, 6.45) is 5.25. The molecule has 1 aliphatic heterocycles. The molecule has 1 atom stereocenters. The molecule has 5 rings (SSSR count). The van der Waals surface area contributed by atoms with Crippen LogP contribution >= 0.6 is 11.6 Å². The molecule has 2 heterocycles. The van der Waals surface area contributed by atoms with Crippen LogP contribution in [0.3, 0.4) is 0 Å². The van der Waals surface area contributed by atoms with Crippen molar-refractivity contribution in [3.63, 3.8) is 0 Å². The first-order valence-corrected chi connectivity index (χ1v) is 9.50. The van der Waals surface area contributed by atoms with Crippen molar-refractivity contribution in [3.8, 4) is 6.07 Å². The first-order chi connectivity index (χ1) is 13.0. The number of fused-ring (bicyclic) bond motifs is 2. The molecule has 1 amide bonds. The second-order valence-corrected chi connectivity index (χ2v) is 8.33. The zero-order valence-electron chi connectivity index (χ0n) is 14.9. The van der Waals surface area contributed by atoms with E-state index in [0.717, 1.165) is 42.5 Å². The summed E-state index contributed by atoms with van der Waals surface area (Å²) in [5, 5.41) is 13.3. The number of rotatable bonds is 3. The van der Waals surface area contributed by atoms with E-state index >= 15 is 0 Å². The lowest BCUT2D eigenvalue weighted by atomic mass is 10.0. The van der Waals surface area contributed by atoms with Crippen molar-refractivity contribution in [2.75, 3.05) is 5.32 Å². The topological polar surface area (TPSA) is 81.9 Å². The van der Waals surface area contributed by atoms with Gasteiger partial charge in [-0.2, -0.15) is 5.26 Å². The number of carbonyl (C=O) groups excluding carboxylic acids is 1. The summed E-state index contributed by atoms with van der Waals surface area (Å²) in [7, 11) is 0. The molecule has 1 fully saturated rings. The Bertz CT molecular complexity index is 1020. The minimum absolute atomic E-state index is 0.00850. The highest BCUT2D eigenvalue weighted by Gasteiger charge is 2.49. The number of anilines is 1. The van der Waals surface area contributed by atoms with Crippen LogP contribution in [-0.4, -0.2) is 32.4 Å². The highest BCUT2D eigenvalue weighted by molar-refractivity contribution is 6.30. The second-order valence-electron chi connectivity index (χ2n) is 7.89. The molecule has 136 valence electrons. The van der Waals surface area contributed by atoms with E-state index in [1.165, 1.54) is 0 Å². The lowest BCUT2D eigenvalue weighted by Crippen LogP contribution is -2.34. The Morgan fingerprint density at radius 1 is 1.37 bits per heavy atom. The van der Waals surface area contributed by atoms with E-state index in [-0.39, 0.29) is 17.5 Å². The summed E-state index contributed by atoms with van der Waals surface area (Å²) in [6, 6.07) is 5.98. The van der Waals surface area contributed by atoms with Gasteiger partial charge in [-0.3, -0.25) is 4.79 Å². The molecule has 3 aliphatic rings. The molecular weight excluding hydrogens is 362 g/mol. The molecule has 1 N–H and O–H groups in total. The largest absolute Gasteiger partial charge is 0.351 e. The van der Waals surface area contributed by atoms with Gasteiger partial charge in [-0.1, -0.05) is 11.6 Å². The number of hydrogen-bond donors (Lipinski definition) is 1. The van der Waals surface area contributed by atoms with Crippen LogP contribution in [0.15, 0.2) is 18.3 Å². The van der Waals surface area contributed by atoms with Gasteiger partial charge >= 0.3 is 0 Å². The van der Waals surface area contributed by atoms with Crippen molar-refractivity contribution in [3.05, 3.63) is 51.3 Å². The van der Waals surface area contributed by atoms with Crippen molar-refractivity contribution < 1.29 is 4.79 Å². The average molecular weight is 380 g/mol. The van der Waals surface area contributed by atoms with Crippen LogP contribution in [0.1, 0.15) is 52.5 Å². The van der Waals surface area contributed by atoms with Gasteiger partial charge < -0.3 is 10.2 Å². The molecule has 0 spiro atoms. The maximum Gasteiger partial charge on any atom is 0.258 e. The average Bonchev–Trinajstić information content (AvgIpc) is 3.11. The number of hydrogen-bond acceptors (Lipinski definition) is 5. The first-order valence-electron chi connectivity index (χ1n) is 9.13. The first kappa shape index (κ1) is 16.5. The van der Waals surface area contributed by atoms with Gasteiger partial charge in [-0.05, 0) is 55.9 Å². The van der Waals surface area contributed by atoms with E-state index in [1.807, 2.05) is 11.0 Å². The molecule has 0 saturated heterocycles. The molecule has 1 unspecified atom stereocenters. The summed E-state index contributed by atoms with van der Waals surface area (Å²) in [5.41, 5.74) is 4.18. The molecule has 0 bridgehead atoms. The fourth-order valence-electron chi connectivity index (χ4n) is 4.12. The normalized spacial score (nSPS) is 21.6. The van der Waals surface area contributed by atoms with Crippen LogP contribution < -0.4 is 5.32 Å². The van der Waals surface area contributed by atoms with E-state index in [0.29, 0.717) is 28.6 Å². The molecular formula is C20H18ClN5O. The zero-order valence-corrected chi connectivity index (χ0v) is 15.7. The standard InChI is InChI=1S/C20H18ClN5O/c1-20(2-3-20)26-10-17-16(18(26)27)9-23-19(25-17)24-14-6-11-4-13(21)5-12(8-22)15(11)7-14/h4-5,9,14H,2-3,6-7,10H2,1H3,(H,23,24,25). The third-order valence-corrected chi connectivity index (χ3v) is 6.17. The third kappa shape index (κ3) is 2.65. The smallest absolute Gasteiger partial charge is 0.258 e. The van der Waals surface area contributed by atoms with E-state index in [4.69, 9.17) is 11.6 Å². The third-order valence-electron chi connectivity index (χ3n) is 5.95. The Kier molecular flexibility index (Phi) is 3.47. The van der Waals surface area contributed by atoms with Crippen molar-refractivity contribution in [2.45, 2.75) is 50.7 Å². The van der Waals surface area contributed by atoms with Gasteiger partial charge in [0.15, 0.2) is 0 Å². The fourth-order valence-corrected chi connectivity index (χ4v) is 4.37. The van der Waals surface area contributed by atoms with E-state index in [9.17, 15) is 10.1 Å². The number of amides is 1. The Morgan fingerprint density at radius 3 is 2.93 bits per heavy atom. The van der Waals surface area contributed by atoms with Crippen LogP contribution in [-0.2, 0) is 19.4 Å². The van der Waals surface area contributed by atoms with E-state index in [2.05, 4.69) is 28.3 Å². The molecule has 1 aromatic heterocycles. The summed E-state index contributed by atoms with van der Waals surface area (Å²) in [4.78, 5) is 23.5. The summed E-state index contributed by atoms with van der Waals surface area (Å²) in [6.45, 7) is 2.68. The monoisotopic (exact) mass is 379 g/mol. The van der Waals surface area contributed by atoms with Crippen LogP contribution in [0.25, 0.3) is 0 Å². The van der Waals surface area contributed by atoms with Gasteiger partial charge in [0.1, 0.15) is 0 Å². The second kappa shape index (κ2) is 5.67. The quantitative estimate of drug-likeness (QED) is 0.886. The van der Waals surface area contributed by atoms with Crippen LogP contribution in [0.2, 0.25) is 5.02 Å².